The molecule has 5 heteroatoms. The van der Waals surface area contributed by atoms with Gasteiger partial charge in [0.25, 0.3) is 0 Å². The third-order valence-corrected chi connectivity index (χ3v) is 4.34. The minimum atomic E-state index is 0.459. The number of benzene rings is 2. The summed E-state index contributed by atoms with van der Waals surface area (Å²) in [5.41, 5.74) is 9.24. The Morgan fingerprint density at radius 3 is 2.56 bits per heavy atom. The number of amidine groups is 1. The van der Waals surface area contributed by atoms with Crippen LogP contribution in [0.3, 0.4) is 0 Å². The third kappa shape index (κ3) is 8.01. The van der Waals surface area contributed by atoms with E-state index in [1.165, 1.54) is 17.3 Å². The van der Waals surface area contributed by atoms with Crippen molar-refractivity contribution in [2.75, 3.05) is 6.61 Å². The van der Waals surface area contributed by atoms with Crippen LogP contribution in [0.5, 0.6) is 0 Å². The number of nitrogens with two attached hydrogens (primary N) is 1. The molecule has 0 fully saturated rings. The van der Waals surface area contributed by atoms with Crippen molar-refractivity contribution in [3.8, 4) is 0 Å². The summed E-state index contributed by atoms with van der Waals surface area (Å²) in [6, 6.07) is 18.3. The van der Waals surface area contributed by atoms with Crippen molar-refractivity contribution in [2.24, 2.45) is 15.9 Å². The second-order valence-electron chi connectivity index (χ2n) is 5.60. The second kappa shape index (κ2) is 11.4. The zero-order valence-electron chi connectivity index (χ0n) is 14.6. The summed E-state index contributed by atoms with van der Waals surface area (Å²) in [5.74, 6) is 0.790. The van der Waals surface area contributed by atoms with Crippen LogP contribution in [0, 0.1) is 0 Å². The number of nitrogens with zero attached hydrogens (tertiary/aromatic N) is 2. The van der Waals surface area contributed by atoms with Crippen molar-refractivity contribution in [1.82, 2.24) is 0 Å². The van der Waals surface area contributed by atoms with Crippen LogP contribution in [-0.4, -0.2) is 18.0 Å². The number of thioether (sulfide) groups is 1. The minimum Gasteiger partial charge on any atom is -0.377 e. The highest BCUT2D eigenvalue weighted by Gasteiger charge is 1.96. The predicted octanol–water partition coefficient (Wildman–Crippen LogP) is 4.59. The smallest absolute Gasteiger partial charge is 0.180 e. The third-order valence-electron chi connectivity index (χ3n) is 3.48. The number of ether oxygens (including phenoxy) is 1. The summed E-state index contributed by atoms with van der Waals surface area (Å²) < 4.78 is 5.60. The molecule has 0 aliphatic carbocycles. The quantitative estimate of drug-likeness (QED) is 0.310. The van der Waals surface area contributed by atoms with Gasteiger partial charge in [0.15, 0.2) is 5.17 Å². The van der Waals surface area contributed by atoms with Gasteiger partial charge in [-0.3, -0.25) is 0 Å². The van der Waals surface area contributed by atoms with Gasteiger partial charge in [-0.25, -0.2) is 0 Å². The maximum Gasteiger partial charge on any atom is 0.180 e. The van der Waals surface area contributed by atoms with Crippen molar-refractivity contribution < 1.29 is 4.74 Å². The van der Waals surface area contributed by atoms with Gasteiger partial charge in [0, 0.05) is 12.4 Å². The molecule has 2 rings (SSSR count). The molecule has 0 aromatic heterocycles. The molecular formula is C20H25N3OS. The first-order valence-electron chi connectivity index (χ1n) is 8.48. The van der Waals surface area contributed by atoms with Crippen LogP contribution in [0.25, 0.3) is 0 Å². The van der Waals surface area contributed by atoms with Crippen LogP contribution in [-0.2, 0) is 17.1 Å². The topological polar surface area (TPSA) is 60.0 Å². The normalized spacial score (nSPS) is 12.0. The van der Waals surface area contributed by atoms with E-state index in [9.17, 15) is 0 Å². The Morgan fingerprint density at radius 2 is 1.84 bits per heavy atom. The fourth-order valence-electron chi connectivity index (χ4n) is 2.05. The molecule has 132 valence electrons. The van der Waals surface area contributed by atoms with E-state index in [0.29, 0.717) is 11.8 Å². The van der Waals surface area contributed by atoms with Gasteiger partial charge in [0.05, 0.1) is 12.8 Å². The van der Waals surface area contributed by atoms with Crippen molar-refractivity contribution in [3.05, 3.63) is 71.3 Å². The van der Waals surface area contributed by atoms with Crippen LogP contribution in [0.4, 0.5) is 0 Å². The Balaban J connectivity index is 1.76. The zero-order chi connectivity index (χ0) is 17.7. The van der Waals surface area contributed by atoms with Crippen LogP contribution in [0.2, 0.25) is 0 Å². The lowest BCUT2D eigenvalue weighted by molar-refractivity contribution is 0.118. The number of hydrogen-bond donors (Lipinski definition) is 1. The molecule has 0 heterocycles. The summed E-state index contributed by atoms with van der Waals surface area (Å²) in [6.07, 6.45) is 3.97. The fourth-order valence-corrected chi connectivity index (χ4v) is 2.66. The molecule has 0 spiro atoms. The molecule has 0 saturated carbocycles. The molecule has 0 bridgehead atoms. The van der Waals surface area contributed by atoms with Crippen LogP contribution in [0.15, 0.2) is 64.8 Å². The van der Waals surface area contributed by atoms with E-state index >= 15 is 0 Å². The Labute approximate surface area is 154 Å². The number of hydrogen-bond acceptors (Lipinski definition) is 4. The Hall–Kier alpha value is -2.11. The summed E-state index contributed by atoms with van der Waals surface area (Å²) in [6.45, 7) is 3.62. The average Bonchev–Trinajstić information content (AvgIpc) is 2.66. The van der Waals surface area contributed by atoms with Gasteiger partial charge >= 0.3 is 0 Å². The summed E-state index contributed by atoms with van der Waals surface area (Å²) >= 11 is 1.48. The molecule has 0 aliphatic heterocycles. The molecule has 0 aliphatic rings. The average molecular weight is 356 g/mol. The van der Waals surface area contributed by atoms with Crippen LogP contribution < -0.4 is 5.73 Å². The summed E-state index contributed by atoms with van der Waals surface area (Å²) in [4.78, 5) is 0. The Bertz CT molecular complexity index is 669. The summed E-state index contributed by atoms with van der Waals surface area (Å²) in [7, 11) is 0. The molecular weight excluding hydrogens is 330 g/mol. The molecule has 25 heavy (non-hydrogen) atoms. The first kappa shape index (κ1) is 19.2. The zero-order valence-corrected chi connectivity index (χ0v) is 15.4. The summed E-state index contributed by atoms with van der Waals surface area (Å²) in [5, 5.41) is 8.54. The molecule has 0 radical (unpaired) electrons. The largest absolute Gasteiger partial charge is 0.377 e. The van der Waals surface area contributed by atoms with Gasteiger partial charge in [-0.2, -0.15) is 5.10 Å². The Kier molecular flexibility index (Phi) is 8.80. The molecule has 2 aromatic rings. The lowest BCUT2D eigenvalue weighted by Crippen LogP contribution is -2.06. The molecule has 0 amide bonds. The van der Waals surface area contributed by atoms with E-state index in [2.05, 4.69) is 29.3 Å². The first-order chi connectivity index (χ1) is 12.3. The van der Waals surface area contributed by atoms with E-state index < -0.39 is 0 Å². The van der Waals surface area contributed by atoms with E-state index in [0.717, 1.165) is 36.3 Å². The number of unbranched alkanes of at least 4 members (excludes halogenated alkanes) is 1. The first-order valence-corrected chi connectivity index (χ1v) is 9.46. The van der Waals surface area contributed by atoms with Crippen molar-refractivity contribution >= 4 is 23.1 Å². The van der Waals surface area contributed by atoms with Gasteiger partial charge in [0.2, 0.25) is 0 Å². The highest BCUT2D eigenvalue weighted by molar-refractivity contribution is 8.13. The lowest BCUT2D eigenvalue weighted by atomic mass is 10.1. The second-order valence-corrected chi connectivity index (χ2v) is 6.60. The molecule has 2 aromatic carbocycles. The highest BCUT2D eigenvalue weighted by Crippen LogP contribution is 2.11. The maximum absolute atomic E-state index is 5.87. The SMILES string of the molecule is CCCCOCc1ccc(C=NN=C(N)SCc2ccccc2)cc1. The van der Waals surface area contributed by atoms with Gasteiger partial charge in [0.1, 0.15) is 0 Å². The van der Waals surface area contributed by atoms with E-state index in [-0.39, 0.29) is 0 Å². The van der Waals surface area contributed by atoms with E-state index in [1.54, 1.807) is 6.21 Å². The standard InChI is InChI=1S/C20H25N3OS/c1-2-3-13-24-15-18-11-9-17(10-12-18)14-22-23-20(21)25-16-19-7-5-4-6-8-19/h4-12,14H,2-3,13,15-16H2,1H3,(H2,21,23). The maximum atomic E-state index is 5.87. The molecule has 0 saturated heterocycles. The fraction of sp³-hybridized carbons (Fsp3) is 0.300. The molecule has 4 nitrogen and oxygen atoms in total. The van der Waals surface area contributed by atoms with Gasteiger partial charge in [-0.1, -0.05) is 79.7 Å². The van der Waals surface area contributed by atoms with E-state index in [4.69, 9.17) is 10.5 Å². The van der Waals surface area contributed by atoms with Crippen molar-refractivity contribution in [1.29, 1.82) is 0 Å². The predicted molar refractivity (Wildman–Crippen MR) is 108 cm³/mol. The van der Waals surface area contributed by atoms with Crippen LogP contribution in [0.1, 0.15) is 36.5 Å². The Morgan fingerprint density at radius 1 is 1.08 bits per heavy atom. The van der Waals surface area contributed by atoms with Gasteiger partial charge < -0.3 is 10.5 Å². The lowest BCUT2D eigenvalue weighted by Gasteiger charge is -2.03. The number of rotatable bonds is 9. The minimum absolute atomic E-state index is 0.459. The van der Waals surface area contributed by atoms with Crippen LogP contribution >= 0.6 is 11.8 Å². The monoisotopic (exact) mass is 355 g/mol. The molecule has 0 atom stereocenters. The van der Waals surface area contributed by atoms with Crippen molar-refractivity contribution in [2.45, 2.75) is 32.1 Å². The van der Waals surface area contributed by atoms with Gasteiger partial charge in [-0.05, 0) is 23.1 Å². The molecule has 0 unspecified atom stereocenters. The molecule has 2 N–H and O–H groups in total. The van der Waals surface area contributed by atoms with Gasteiger partial charge in [-0.15, -0.1) is 5.10 Å². The highest BCUT2D eigenvalue weighted by atomic mass is 32.2. The van der Waals surface area contributed by atoms with Crippen molar-refractivity contribution in [3.63, 3.8) is 0 Å². The van der Waals surface area contributed by atoms with E-state index in [1.807, 2.05) is 42.5 Å².